The highest BCUT2D eigenvalue weighted by atomic mass is 79.9. The third kappa shape index (κ3) is 5.61. The minimum atomic E-state index is -3.62. The van der Waals surface area contributed by atoms with E-state index in [1.165, 1.54) is 0 Å². The van der Waals surface area contributed by atoms with Gasteiger partial charge in [-0.15, -0.1) is 0 Å². The number of piperidine rings is 1. The number of pyridine rings is 1. The molecule has 2 aliphatic heterocycles. The zero-order valence-corrected chi connectivity index (χ0v) is 23.9. The highest BCUT2D eigenvalue weighted by molar-refractivity contribution is 9.11. The summed E-state index contributed by atoms with van der Waals surface area (Å²) in [5.74, 6) is 1.65. The molecule has 5 rings (SSSR count). The standard InChI is InChI=1S/C30H30BrN5O2S/c1-3-26(31)30-34-27(19-29(36(30)4-2)33-21-22-9-8-16-32-20-22)24-14-17-35(18-15-24)39(37,38)28-13-7-11-23-10-5-6-12-25(23)28/h3-13,16,19-20,24,34H,1-2,14-15,17-18,21H2/b30-26+,33-29?. The predicted octanol–water partition coefficient (Wildman–Crippen LogP) is 5.92. The summed E-state index contributed by atoms with van der Waals surface area (Å²) in [4.78, 5) is 11.3. The molecule has 0 unspecified atom stereocenters. The normalized spacial score (nSPS) is 19.5. The molecule has 0 amide bonds. The molecule has 2 aliphatic rings. The Morgan fingerprint density at radius 1 is 1.10 bits per heavy atom. The van der Waals surface area contributed by atoms with E-state index in [1.807, 2.05) is 59.5 Å². The molecule has 0 bridgehead atoms. The van der Waals surface area contributed by atoms with Gasteiger partial charge in [0.25, 0.3) is 0 Å². The van der Waals surface area contributed by atoms with E-state index in [-0.39, 0.29) is 5.92 Å². The maximum absolute atomic E-state index is 13.6. The molecule has 1 N–H and O–H groups in total. The first-order valence-corrected chi connectivity index (χ1v) is 15.0. The molecule has 3 heterocycles. The Hall–Kier alpha value is -3.53. The number of hydrogen-bond donors (Lipinski definition) is 1. The summed E-state index contributed by atoms with van der Waals surface area (Å²) in [6.45, 7) is 9.22. The van der Waals surface area contributed by atoms with Crippen LogP contribution in [0.1, 0.15) is 18.4 Å². The number of sulfonamides is 1. The van der Waals surface area contributed by atoms with E-state index < -0.39 is 10.0 Å². The van der Waals surface area contributed by atoms with E-state index in [1.54, 1.807) is 35.0 Å². The lowest BCUT2D eigenvalue weighted by Crippen LogP contribution is -2.43. The Kier molecular flexibility index (Phi) is 8.11. The number of fused-ring (bicyclic) bond motifs is 1. The topological polar surface area (TPSA) is 77.9 Å². The van der Waals surface area contributed by atoms with Crippen LogP contribution in [0.25, 0.3) is 10.8 Å². The second-order valence-corrected chi connectivity index (χ2v) is 12.1. The molecule has 39 heavy (non-hydrogen) atoms. The molecular formula is C30H30BrN5O2S. The van der Waals surface area contributed by atoms with Gasteiger partial charge in [-0.3, -0.25) is 14.9 Å². The molecule has 9 heteroatoms. The minimum Gasteiger partial charge on any atom is -0.344 e. The summed E-state index contributed by atoms with van der Waals surface area (Å²) >= 11 is 3.61. The van der Waals surface area contributed by atoms with Crippen LogP contribution >= 0.6 is 15.9 Å². The fourth-order valence-corrected chi connectivity index (χ4v) is 6.96. The van der Waals surface area contributed by atoms with Gasteiger partial charge in [0, 0.05) is 54.8 Å². The van der Waals surface area contributed by atoms with Crippen molar-refractivity contribution >= 4 is 42.6 Å². The number of halogens is 1. The Morgan fingerprint density at radius 2 is 1.87 bits per heavy atom. The van der Waals surface area contributed by atoms with Gasteiger partial charge in [-0.2, -0.15) is 4.31 Å². The molecule has 7 nitrogen and oxygen atoms in total. The van der Waals surface area contributed by atoms with Gasteiger partial charge in [-0.05, 0) is 51.9 Å². The van der Waals surface area contributed by atoms with Crippen LogP contribution in [0, 0.1) is 5.92 Å². The quantitative estimate of drug-likeness (QED) is 0.363. The molecule has 0 spiro atoms. The van der Waals surface area contributed by atoms with E-state index in [9.17, 15) is 8.42 Å². The van der Waals surface area contributed by atoms with Crippen LogP contribution in [0.15, 0.2) is 124 Å². The largest absolute Gasteiger partial charge is 0.344 e. The summed E-state index contributed by atoms with van der Waals surface area (Å²) in [5, 5.41) is 5.20. The third-order valence-corrected chi connectivity index (χ3v) is 9.69. The van der Waals surface area contributed by atoms with Gasteiger partial charge in [-0.25, -0.2) is 8.42 Å². The van der Waals surface area contributed by atoms with E-state index in [0.717, 1.165) is 38.2 Å². The molecule has 1 saturated heterocycles. The van der Waals surface area contributed by atoms with Gasteiger partial charge < -0.3 is 5.32 Å². The van der Waals surface area contributed by atoms with Crippen molar-refractivity contribution in [2.45, 2.75) is 24.3 Å². The average Bonchev–Trinajstić information content (AvgIpc) is 2.99. The molecule has 2 aromatic carbocycles. The minimum absolute atomic E-state index is 0.139. The number of aliphatic imine (C=N–C) groups is 1. The lowest BCUT2D eigenvalue weighted by atomic mass is 9.93. The van der Waals surface area contributed by atoms with Crippen molar-refractivity contribution in [3.63, 3.8) is 0 Å². The van der Waals surface area contributed by atoms with Gasteiger partial charge in [0.15, 0.2) is 0 Å². The monoisotopic (exact) mass is 603 g/mol. The summed E-state index contributed by atoms with van der Waals surface area (Å²) in [5.41, 5.74) is 2.00. The maximum Gasteiger partial charge on any atom is 0.243 e. The second kappa shape index (κ2) is 11.7. The summed E-state index contributed by atoms with van der Waals surface area (Å²) < 4.78 is 29.7. The van der Waals surface area contributed by atoms with Crippen molar-refractivity contribution in [2.24, 2.45) is 10.9 Å². The highest BCUT2D eigenvalue weighted by Gasteiger charge is 2.33. The number of rotatable bonds is 7. The fraction of sp³-hybridized carbons (Fsp3) is 0.200. The Bertz CT molecular complexity index is 1580. The van der Waals surface area contributed by atoms with Crippen molar-refractivity contribution in [1.29, 1.82) is 0 Å². The van der Waals surface area contributed by atoms with Gasteiger partial charge >= 0.3 is 0 Å². The maximum atomic E-state index is 13.6. The number of aromatic nitrogens is 1. The van der Waals surface area contributed by atoms with Crippen molar-refractivity contribution < 1.29 is 8.42 Å². The van der Waals surface area contributed by atoms with Crippen molar-refractivity contribution in [2.75, 3.05) is 13.1 Å². The average molecular weight is 605 g/mol. The summed E-state index contributed by atoms with van der Waals surface area (Å²) in [7, 11) is -3.62. The molecule has 1 fully saturated rings. The summed E-state index contributed by atoms with van der Waals surface area (Å²) in [6.07, 6.45) is 10.4. The molecule has 3 aromatic rings. The van der Waals surface area contributed by atoms with E-state index >= 15 is 0 Å². The Balaban J connectivity index is 1.40. The number of amidine groups is 1. The molecule has 0 radical (unpaired) electrons. The van der Waals surface area contributed by atoms with Gasteiger partial charge in [-0.1, -0.05) is 61.7 Å². The van der Waals surface area contributed by atoms with Crippen LogP contribution < -0.4 is 5.32 Å². The molecular weight excluding hydrogens is 574 g/mol. The van der Waals surface area contributed by atoms with Crippen molar-refractivity contribution in [1.82, 2.24) is 19.5 Å². The molecule has 0 atom stereocenters. The number of benzene rings is 2. The van der Waals surface area contributed by atoms with E-state index in [4.69, 9.17) is 4.99 Å². The first-order chi connectivity index (χ1) is 18.9. The van der Waals surface area contributed by atoms with Crippen molar-refractivity contribution in [3.8, 4) is 0 Å². The van der Waals surface area contributed by atoms with Crippen LogP contribution in [-0.2, 0) is 16.6 Å². The fourth-order valence-electron chi connectivity index (χ4n) is 4.99. The lowest BCUT2D eigenvalue weighted by Gasteiger charge is -2.37. The van der Waals surface area contributed by atoms with E-state index in [0.29, 0.717) is 37.4 Å². The van der Waals surface area contributed by atoms with Gasteiger partial charge in [0.2, 0.25) is 10.0 Å². The first kappa shape index (κ1) is 27.1. The molecule has 0 aliphatic carbocycles. The van der Waals surface area contributed by atoms with Crippen LogP contribution in [0.2, 0.25) is 0 Å². The zero-order valence-electron chi connectivity index (χ0n) is 21.5. The smallest absolute Gasteiger partial charge is 0.243 e. The van der Waals surface area contributed by atoms with Crippen LogP contribution in [0.4, 0.5) is 0 Å². The molecule has 1 aromatic heterocycles. The number of nitrogens with one attached hydrogen (secondary N) is 1. The van der Waals surface area contributed by atoms with Gasteiger partial charge in [0.05, 0.1) is 15.9 Å². The van der Waals surface area contributed by atoms with Gasteiger partial charge in [0.1, 0.15) is 11.7 Å². The molecule has 200 valence electrons. The molecule has 0 saturated carbocycles. The third-order valence-electron chi connectivity index (χ3n) is 7.03. The number of allylic oxidation sites excluding steroid dienone is 3. The first-order valence-electron chi connectivity index (χ1n) is 12.8. The van der Waals surface area contributed by atoms with Crippen molar-refractivity contribution in [3.05, 3.63) is 120 Å². The highest BCUT2D eigenvalue weighted by Crippen LogP contribution is 2.33. The van der Waals surface area contributed by atoms with Crippen LogP contribution in [0.3, 0.4) is 0 Å². The van der Waals surface area contributed by atoms with E-state index in [2.05, 4.69) is 39.4 Å². The predicted molar refractivity (Wildman–Crippen MR) is 160 cm³/mol. The van der Waals surface area contributed by atoms with Crippen LogP contribution in [-0.4, -0.2) is 41.5 Å². The SMILES string of the molecule is C=C/C(Br)=C1/NC(C2CCN(S(=O)(=O)c3cccc4ccccc34)CC2)=CC(=NCc2cccnc2)N1C=C. The lowest BCUT2D eigenvalue weighted by molar-refractivity contribution is 0.290. The van der Waals surface area contributed by atoms with Crippen LogP contribution in [0.5, 0.6) is 0 Å². The summed E-state index contributed by atoms with van der Waals surface area (Å²) in [6, 6.07) is 16.9. The Labute approximate surface area is 238 Å². The second-order valence-electron chi connectivity index (χ2n) is 9.37. The number of nitrogens with zero attached hydrogens (tertiary/aromatic N) is 4. The number of hydrogen-bond acceptors (Lipinski definition) is 5. The zero-order chi connectivity index (χ0) is 27.4. The Morgan fingerprint density at radius 3 is 2.59 bits per heavy atom.